The van der Waals surface area contributed by atoms with Crippen LogP contribution < -0.4 is 15.0 Å². The molecule has 0 amide bonds. The van der Waals surface area contributed by atoms with Crippen LogP contribution in [0, 0.1) is 13.8 Å². The Balaban J connectivity index is 1.46. The molecule has 1 N–H and O–H groups in total. The average molecular weight is 458 g/mol. The van der Waals surface area contributed by atoms with Crippen LogP contribution in [-0.4, -0.2) is 65.5 Å². The first-order chi connectivity index (χ1) is 15.3. The number of piperazine rings is 1. The molecule has 2 aromatic heterocycles. The zero-order chi connectivity index (χ0) is 22.9. The highest BCUT2D eigenvalue weighted by Gasteiger charge is 2.31. The summed E-state index contributed by atoms with van der Waals surface area (Å²) in [5.74, 6) is 2.69. The number of imidazole rings is 1. The van der Waals surface area contributed by atoms with Crippen LogP contribution in [0.15, 0.2) is 41.6 Å². The molecule has 0 bridgehead atoms. The van der Waals surface area contributed by atoms with Gasteiger partial charge in [0.05, 0.1) is 7.11 Å². The van der Waals surface area contributed by atoms with Crippen molar-refractivity contribution in [2.24, 2.45) is 7.05 Å². The predicted octanol–water partition coefficient (Wildman–Crippen LogP) is 2.09. The van der Waals surface area contributed by atoms with Crippen LogP contribution in [0.4, 0.5) is 17.5 Å². The molecule has 0 saturated carbocycles. The van der Waals surface area contributed by atoms with Crippen LogP contribution in [0.1, 0.15) is 11.5 Å². The number of nitrogens with one attached hydrogen (secondary N) is 1. The van der Waals surface area contributed by atoms with Gasteiger partial charge < -0.3 is 19.5 Å². The summed E-state index contributed by atoms with van der Waals surface area (Å²) in [6.45, 7) is 5.37. The van der Waals surface area contributed by atoms with E-state index in [0.29, 0.717) is 43.8 Å². The normalized spacial score (nSPS) is 15.1. The molecule has 11 heteroatoms. The molecule has 0 aliphatic carbocycles. The molecule has 0 spiro atoms. The van der Waals surface area contributed by atoms with E-state index >= 15 is 0 Å². The molecule has 32 heavy (non-hydrogen) atoms. The minimum atomic E-state index is -3.62. The molecule has 10 nitrogen and oxygen atoms in total. The van der Waals surface area contributed by atoms with Gasteiger partial charge in [-0.2, -0.15) is 9.29 Å². The van der Waals surface area contributed by atoms with Crippen molar-refractivity contribution < 1.29 is 13.2 Å². The minimum absolute atomic E-state index is 0.0868. The number of rotatable bonds is 6. The number of aromatic nitrogens is 4. The van der Waals surface area contributed by atoms with Gasteiger partial charge in [-0.25, -0.2) is 18.4 Å². The van der Waals surface area contributed by atoms with Crippen molar-refractivity contribution in [1.82, 2.24) is 23.8 Å². The largest absolute Gasteiger partial charge is 0.497 e. The number of benzene rings is 1. The molecule has 1 aliphatic heterocycles. The third kappa shape index (κ3) is 4.53. The number of sulfonamides is 1. The highest BCUT2D eigenvalue weighted by molar-refractivity contribution is 7.89. The molecular weight excluding hydrogens is 430 g/mol. The van der Waals surface area contributed by atoms with E-state index in [0.717, 1.165) is 17.1 Å². The van der Waals surface area contributed by atoms with Gasteiger partial charge in [0, 0.05) is 56.9 Å². The van der Waals surface area contributed by atoms with Crippen LogP contribution in [0.3, 0.4) is 0 Å². The van der Waals surface area contributed by atoms with Crippen LogP contribution in [-0.2, 0) is 17.1 Å². The molecule has 1 fully saturated rings. The second-order valence-electron chi connectivity index (χ2n) is 7.68. The molecule has 3 heterocycles. The summed E-state index contributed by atoms with van der Waals surface area (Å²) in [7, 11) is -0.207. The van der Waals surface area contributed by atoms with E-state index < -0.39 is 10.0 Å². The molecule has 1 aromatic carbocycles. The van der Waals surface area contributed by atoms with E-state index in [1.165, 1.54) is 4.31 Å². The Kier molecular flexibility index (Phi) is 6.02. The van der Waals surface area contributed by atoms with Crippen molar-refractivity contribution in [3.63, 3.8) is 0 Å². The highest BCUT2D eigenvalue weighted by atomic mass is 32.2. The summed E-state index contributed by atoms with van der Waals surface area (Å²) in [6, 6.07) is 9.45. The van der Waals surface area contributed by atoms with Crippen molar-refractivity contribution in [3.05, 3.63) is 48.0 Å². The third-order valence-corrected chi connectivity index (χ3v) is 7.19. The Hall–Kier alpha value is -3.18. The van der Waals surface area contributed by atoms with Crippen LogP contribution >= 0.6 is 0 Å². The third-order valence-electron chi connectivity index (χ3n) is 5.42. The van der Waals surface area contributed by atoms with Crippen molar-refractivity contribution in [1.29, 1.82) is 0 Å². The lowest BCUT2D eigenvalue weighted by molar-refractivity contribution is 0.381. The van der Waals surface area contributed by atoms with Crippen LogP contribution in [0.2, 0.25) is 0 Å². The minimum Gasteiger partial charge on any atom is -0.497 e. The molecule has 4 rings (SSSR count). The fraction of sp³-hybridized carbons (Fsp3) is 0.381. The van der Waals surface area contributed by atoms with Gasteiger partial charge in [-0.1, -0.05) is 0 Å². The van der Waals surface area contributed by atoms with E-state index in [1.54, 1.807) is 31.8 Å². The van der Waals surface area contributed by atoms with Gasteiger partial charge in [-0.05, 0) is 38.1 Å². The SMILES string of the molecule is COc1ccc(Nc2cc(C)nc(N3CCN(S(=O)(=O)c4cn(C)c(C)n4)CC3)n2)cc1. The van der Waals surface area contributed by atoms with E-state index in [1.807, 2.05) is 42.2 Å². The zero-order valence-corrected chi connectivity index (χ0v) is 19.4. The van der Waals surface area contributed by atoms with Gasteiger partial charge in [-0.3, -0.25) is 0 Å². The van der Waals surface area contributed by atoms with E-state index in [4.69, 9.17) is 4.74 Å². The maximum atomic E-state index is 12.9. The van der Waals surface area contributed by atoms with Crippen molar-refractivity contribution in [2.45, 2.75) is 18.9 Å². The highest BCUT2D eigenvalue weighted by Crippen LogP contribution is 2.23. The Bertz CT molecular complexity index is 1180. The summed E-state index contributed by atoms with van der Waals surface area (Å²) in [6.07, 6.45) is 1.55. The van der Waals surface area contributed by atoms with Gasteiger partial charge in [0.15, 0.2) is 5.03 Å². The Morgan fingerprint density at radius 2 is 1.69 bits per heavy atom. The molecule has 0 atom stereocenters. The summed E-state index contributed by atoms with van der Waals surface area (Å²) >= 11 is 0. The number of hydrogen-bond acceptors (Lipinski definition) is 8. The Morgan fingerprint density at radius 3 is 2.28 bits per heavy atom. The van der Waals surface area contributed by atoms with Gasteiger partial charge in [-0.15, -0.1) is 0 Å². The maximum absolute atomic E-state index is 12.9. The molecule has 0 unspecified atom stereocenters. The second kappa shape index (κ2) is 8.75. The van der Waals surface area contributed by atoms with Crippen LogP contribution in [0.5, 0.6) is 5.75 Å². The van der Waals surface area contributed by atoms with Gasteiger partial charge >= 0.3 is 0 Å². The number of nitrogens with zero attached hydrogens (tertiary/aromatic N) is 6. The number of methoxy groups -OCH3 is 1. The fourth-order valence-electron chi connectivity index (χ4n) is 3.49. The molecule has 1 saturated heterocycles. The summed E-state index contributed by atoms with van der Waals surface area (Å²) in [4.78, 5) is 15.4. The van der Waals surface area contributed by atoms with E-state index in [9.17, 15) is 8.42 Å². The first-order valence-electron chi connectivity index (χ1n) is 10.3. The van der Waals surface area contributed by atoms with Gasteiger partial charge in [0.25, 0.3) is 10.0 Å². The van der Waals surface area contributed by atoms with E-state index in [2.05, 4.69) is 20.3 Å². The molecular formula is C21H27N7O3S. The maximum Gasteiger partial charge on any atom is 0.262 e. The molecule has 1 aliphatic rings. The lowest BCUT2D eigenvalue weighted by Gasteiger charge is -2.33. The monoisotopic (exact) mass is 457 g/mol. The first kappa shape index (κ1) is 22.0. The fourth-order valence-corrected chi connectivity index (χ4v) is 4.94. The number of anilines is 3. The standard InChI is InChI=1S/C21H27N7O3S/c1-15-13-19(24-17-5-7-18(31-4)8-6-17)25-21(22-15)27-9-11-28(12-10-27)32(29,30)20-14-26(3)16(2)23-20/h5-8,13-14H,9-12H2,1-4H3,(H,22,24,25). The Morgan fingerprint density at radius 1 is 1.00 bits per heavy atom. The summed E-state index contributed by atoms with van der Waals surface area (Å²) < 4.78 is 34.2. The molecule has 0 radical (unpaired) electrons. The summed E-state index contributed by atoms with van der Waals surface area (Å²) in [5.41, 5.74) is 1.71. The molecule has 3 aromatic rings. The van der Waals surface area contributed by atoms with E-state index in [-0.39, 0.29) is 5.03 Å². The first-order valence-corrected chi connectivity index (χ1v) is 11.7. The van der Waals surface area contributed by atoms with Crippen LogP contribution in [0.25, 0.3) is 0 Å². The van der Waals surface area contributed by atoms with Crippen molar-refractivity contribution in [3.8, 4) is 5.75 Å². The Labute approximate surface area is 187 Å². The lowest BCUT2D eigenvalue weighted by Crippen LogP contribution is -2.49. The number of aryl methyl sites for hydroxylation is 3. The number of hydrogen-bond donors (Lipinski definition) is 1. The van der Waals surface area contributed by atoms with Gasteiger partial charge in [0.2, 0.25) is 5.95 Å². The second-order valence-corrected chi connectivity index (χ2v) is 9.56. The summed E-state index contributed by atoms with van der Waals surface area (Å²) in [5, 5.41) is 3.37. The molecule has 170 valence electrons. The predicted molar refractivity (Wildman–Crippen MR) is 122 cm³/mol. The number of ether oxygens (including phenoxy) is 1. The quantitative estimate of drug-likeness (QED) is 0.600. The van der Waals surface area contributed by atoms with Crippen molar-refractivity contribution >= 4 is 27.5 Å². The van der Waals surface area contributed by atoms with Crippen molar-refractivity contribution in [2.75, 3.05) is 43.5 Å². The average Bonchev–Trinajstić information content (AvgIpc) is 3.13. The topological polar surface area (TPSA) is 105 Å². The zero-order valence-electron chi connectivity index (χ0n) is 18.6. The smallest absolute Gasteiger partial charge is 0.262 e. The lowest BCUT2D eigenvalue weighted by atomic mass is 10.3. The van der Waals surface area contributed by atoms with Gasteiger partial charge in [0.1, 0.15) is 17.4 Å².